The molecule has 1 atom stereocenters. The van der Waals surface area contributed by atoms with Crippen molar-refractivity contribution in [1.29, 1.82) is 0 Å². The van der Waals surface area contributed by atoms with Gasteiger partial charge < -0.3 is 29.9 Å². The molecule has 1 aliphatic heterocycles. The monoisotopic (exact) mass is 504 g/mol. The van der Waals surface area contributed by atoms with Crippen LogP contribution in [0, 0.1) is 12.7 Å². The van der Waals surface area contributed by atoms with Gasteiger partial charge >= 0.3 is 6.09 Å². The molecule has 188 valence electrons. The van der Waals surface area contributed by atoms with E-state index >= 15 is 0 Å². The predicted octanol–water partition coefficient (Wildman–Crippen LogP) is 4.64. The van der Waals surface area contributed by atoms with E-state index < -0.39 is 23.8 Å². The molecule has 0 aliphatic carbocycles. The molecule has 2 aromatic heterocycles. The minimum absolute atomic E-state index is 0.281. The van der Waals surface area contributed by atoms with Crippen LogP contribution in [-0.4, -0.2) is 56.0 Å². The zero-order valence-corrected chi connectivity index (χ0v) is 20.9. The number of rotatable bonds is 5. The molecule has 3 N–H and O–H groups in total. The lowest BCUT2D eigenvalue weighted by molar-refractivity contribution is -0.0398. The molecule has 1 unspecified atom stereocenters. The van der Waals surface area contributed by atoms with Crippen molar-refractivity contribution in [2.45, 2.75) is 58.5 Å². The number of aliphatic hydroxyl groups excluding tert-OH is 1. The first-order valence-electron chi connectivity index (χ1n) is 11.3. The van der Waals surface area contributed by atoms with Crippen LogP contribution in [0.25, 0.3) is 10.2 Å². The van der Waals surface area contributed by atoms with Gasteiger partial charge in [0.15, 0.2) is 6.29 Å². The van der Waals surface area contributed by atoms with Crippen LogP contribution >= 0.6 is 11.3 Å². The Balaban J connectivity index is 1.57. The first kappa shape index (κ1) is 25.1. The van der Waals surface area contributed by atoms with Crippen molar-refractivity contribution < 1.29 is 28.9 Å². The van der Waals surface area contributed by atoms with Crippen LogP contribution in [0.3, 0.4) is 0 Å². The molecule has 3 aromatic rings. The Labute approximate surface area is 206 Å². The topological polar surface area (TPSA) is 117 Å². The third-order valence-corrected chi connectivity index (χ3v) is 6.76. The number of carbonyl (C=O) groups is 1. The van der Waals surface area contributed by atoms with Crippen molar-refractivity contribution in [1.82, 2.24) is 14.9 Å². The zero-order chi connectivity index (χ0) is 25.3. The van der Waals surface area contributed by atoms with E-state index in [0.717, 1.165) is 6.42 Å². The minimum Gasteiger partial charge on any atom is -0.486 e. The SMILES string of the molecule is Cc1c(C(O)O)sc2ncnc(Nc3ccc(F)cc3OC3CCCN(C(=O)OC(C)(C)C)C3)c12. The van der Waals surface area contributed by atoms with Crippen LogP contribution in [0.5, 0.6) is 5.75 Å². The van der Waals surface area contributed by atoms with Crippen molar-refractivity contribution in [2.75, 3.05) is 18.4 Å². The summed E-state index contributed by atoms with van der Waals surface area (Å²) in [6, 6.07) is 4.15. The number of piperidine rings is 1. The van der Waals surface area contributed by atoms with Crippen LogP contribution in [0.1, 0.15) is 50.3 Å². The number of amides is 1. The molecule has 1 saturated heterocycles. The van der Waals surface area contributed by atoms with Gasteiger partial charge in [0.2, 0.25) is 0 Å². The van der Waals surface area contributed by atoms with E-state index in [1.807, 2.05) is 20.8 Å². The largest absolute Gasteiger partial charge is 0.486 e. The summed E-state index contributed by atoms with van der Waals surface area (Å²) >= 11 is 1.17. The van der Waals surface area contributed by atoms with Gasteiger partial charge in [-0.05, 0) is 58.2 Å². The average molecular weight is 505 g/mol. The molecular formula is C24H29FN4O5S. The molecule has 1 aliphatic rings. The van der Waals surface area contributed by atoms with Gasteiger partial charge in [-0.3, -0.25) is 0 Å². The van der Waals surface area contributed by atoms with E-state index in [9.17, 15) is 19.4 Å². The van der Waals surface area contributed by atoms with Crippen LogP contribution in [0.4, 0.5) is 20.7 Å². The molecule has 0 radical (unpaired) electrons. The Kier molecular flexibility index (Phi) is 7.11. The summed E-state index contributed by atoms with van der Waals surface area (Å²) in [5.41, 5.74) is 0.532. The zero-order valence-electron chi connectivity index (χ0n) is 20.0. The highest BCUT2D eigenvalue weighted by Crippen LogP contribution is 2.38. The maximum Gasteiger partial charge on any atom is 0.410 e. The Morgan fingerprint density at radius 1 is 1.31 bits per heavy atom. The molecule has 11 heteroatoms. The number of aromatic nitrogens is 2. The number of fused-ring (bicyclic) bond motifs is 1. The number of ether oxygens (including phenoxy) is 2. The van der Waals surface area contributed by atoms with Gasteiger partial charge in [0.05, 0.1) is 22.5 Å². The van der Waals surface area contributed by atoms with E-state index in [-0.39, 0.29) is 11.9 Å². The van der Waals surface area contributed by atoms with Crippen LogP contribution in [0.15, 0.2) is 24.5 Å². The van der Waals surface area contributed by atoms with Crippen LogP contribution in [0.2, 0.25) is 0 Å². The van der Waals surface area contributed by atoms with Gasteiger partial charge in [-0.1, -0.05) is 0 Å². The van der Waals surface area contributed by atoms with Crippen molar-refractivity contribution >= 4 is 39.2 Å². The third kappa shape index (κ3) is 5.80. The number of nitrogens with zero attached hydrogens (tertiary/aromatic N) is 3. The standard InChI is InChI=1S/C24H29FN4O5S/c1-13-18-20(26-12-27-21(18)35-19(13)22(30)31)28-16-8-7-14(25)10-17(16)33-15-6-5-9-29(11-15)23(32)34-24(2,3)4/h7-8,10,12,15,22,30-31H,5-6,9,11H2,1-4H3,(H,26,27,28). The molecule has 1 amide bonds. The summed E-state index contributed by atoms with van der Waals surface area (Å²) in [5, 5.41) is 23.2. The third-order valence-electron chi connectivity index (χ3n) is 5.52. The van der Waals surface area contributed by atoms with Crippen molar-refractivity contribution in [3.63, 3.8) is 0 Å². The highest BCUT2D eigenvalue weighted by atomic mass is 32.1. The van der Waals surface area contributed by atoms with Gasteiger partial charge in [-0.2, -0.15) is 0 Å². The first-order valence-corrected chi connectivity index (χ1v) is 12.1. The fourth-order valence-corrected chi connectivity index (χ4v) is 4.98. The van der Waals surface area contributed by atoms with E-state index in [1.54, 1.807) is 17.9 Å². The lowest BCUT2D eigenvalue weighted by Crippen LogP contribution is -2.46. The van der Waals surface area contributed by atoms with E-state index in [0.29, 0.717) is 51.7 Å². The second kappa shape index (κ2) is 9.92. The Hall–Kier alpha value is -3.02. The van der Waals surface area contributed by atoms with Crippen LogP contribution < -0.4 is 10.1 Å². The number of benzene rings is 1. The number of hydrogen-bond acceptors (Lipinski definition) is 9. The molecule has 35 heavy (non-hydrogen) atoms. The normalized spacial score (nSPS) is 16.6. The van der Waals surface area contributed by atoms with Gasteiger partial charge in [0, 0.05) is 12.6 Å². The number of thiophene rings is 1. The first-order chi connectivity index (χ1) is 16.5. The Bertz CT molecular complexity index is 1230. The van der Waals surface area contributed by atoms with Gasteiger partial charge in [0.1, 0.15) is 40.2 Å². The summed E-state index contributed by atoms with van der Waals surface area (Å²) in [4.78, 5) is 23.6. The molecule has 0 spiro atoms. The highest BCUT2D eigenvalue weighted by molar-refractivity contribution is 7.19. The van der Waals surface area contributed by atoms with Crippen LogP contribution in [-0.2, 0) is 4.74 Å². The van der Waals surface area contributed by atoms with Crippen molar-refractivity contribution in [3.05, 3.63) is 40.8 Å². The maximum atomic E-state index is 14.2. The molecule has 0 bridgehead atoms. The summed E-state index contributed by atoms with van der Waals surface area (Å²) in [5.74, 6) is 0.254. The lowest BCUT2D eigenvalue weighted by Gasteiger charge is -2.34. The summed E-state index contributed by atoms with van der Waals surface area (Å²) in [6.45, 7) is 8.10. The lowest BCUT2D eigenvalue weighted by atomic mass is 10.1. The van der Waals surface area contributed by atoms with Crippen molar-refractivity contribution in [2.24, 2.45) is 0 Å². The second-order valence-corrected chi connectivity index (χ2v) is 10.5. The number of halogens is 1. The van der Waals surface area contributed by atoms with E-state index in [4.69, 9.17) is 9.47 Å². The Morgan fingerprint density at radius 3 is 2.80 bits per heavy atom. The van der Waals surface area contributed by atoms with Gasteiger partial charge in [-0.25, -0.2) is 19.2 Å². The highest BCUT2D eigenvalue weighted by Gasteiger charge is 2.29. The van der Waals surface area contributed by atoms with E-state index in [1.165, 1.54) is 29.8 Å². The second-order valence-electron chi connectivity index (χ2n) is 9.44. The number of hydrogen-bond donors (Lipinski definition) is 3. The number of aliphatic hydroxyl groups is 2. The molecule has 9 nitrogen and oxygen atoms in total. The fraction of sp³-hybridized carbons (Fsp3) is 0.458. The molecular weight excluding hydrogens is 475 g/mol. The molecule has 0 saturated carbocycles. The molecule has 1 fully saturated rings. The minimum atomic E-state index is -1.62. The summed E-state index contributed by atoms with van der Waals surface area (Å²) < 4.78 is 25.8. The Morgan fingerprint density at radius 2 is 2.09 bits per heavy atom. The number of carbonyl (C=O) groups excluding carboxylic acids is 1. The number of nitrogens with one attached hydrogen (secondary N) is 1. The molecule has 3 heterocycles. The van der Waals surface area contributed by atoms with Crippen molar-refractivity contribution in [3.8, 4) is 5.75 Å². The molecule has 4 rings (SSSR count). The summed E-state index contributed by atoms with van der Waals surface area (Å²) in [6.07, 6.45) is 0.442. The average Bonchev–Trinajstić information content (AvgIpc) is 3.12. The van der Waals surface area contributed by atoms with Gasteiger partial charge in [0.25, 0.3) is 0 Å². The van der Waals surface area contributed by atoms with E-state index in [2.05, 4.69) is 15.3 Å². The quantitative estimate of drug-likeness (QED) is 0.430. The fourth-order valence-electron chi connectivity index (χ4n) is 3.96. The predicted molar refractivity (Wildman–Crippen MR) is 130 cm³/mol. The number of aryl methyl sites for hydroxylation is 1. The van der Waals surface area contributed by atoms with Gasteiger partial charge in [-0.15, -0.1) is 11.3 Å². The number of anilines is 2. The summed E-state index contributed by atoms with van der Waals surface area (Å²) in [7, 11) is 0. The number of likely N-dealkylation sites (tertiary alicyclic amines) is 1. The smallest absolute Gasteiger partial charge is 0.410 e. The maximum absolute atomic E-state index is 14.2. The molecule has 1 aromatic carbocycles.